The van der Waals surface area contributed by atoms with E-state index in [9.17, 15) is 9.59 Å². The summed E-state index contributed by atoms with van der Waals surface area (Å²) in [7, 11) is 1.92. The maximum Gasteiger partial charge on any atom is 0.321 e. The van der Waals surface area contributed by atoms with Gasteiger partial charge in [-0.1, -0.05) is 25.1 Å². The number of thiophene rings is 1. The monoisotopic (exact) mass is 421 g/mol. The highest BCUT2D eigenvalue weighted by atomic mass is 32.2. The van der Waals surface area contributed by atoms with Gasteiger partial charge in [0.2, 0.25) is 5.91 Å². The van der Waals surface area contributed by atoms with Crippen LogP contribution in [-0.4, -0.2) is 38.5 Å². The summed E-state index contributed by atoms with van der Waals surface area (Å²) >= 11 is 3.10. The van der Waals surface area contributed by atoms with E-state index in [2.05, 4.69) is 33.8 Å². The molecule has 1 aliphatic rings. The molecule has 0 aliphatic heterocycles. The SMILES string of the molecule is CCNC(=O)NC(=O)[C@@H](C)Sc1nnc(-c2cc3c(s2)CC[C@H](CC)C3)n1C. The van der Waals surface area contributed by atoms with Gasteiger partial charge < -0.3 is 9.88 Å². The highest BCUT2D eigenvalue weighted by molar-refractivity contribution is 8.00. The Hall–Kier alpha value is -1.87. The Morgan fingerprint density at radius 1 is 1.39 bits per heavy atom. The van der Waals surface area contributed by atoms with Crippen LogP contribution in [0.3, 0.4) is 0 Å². The second kappa shape index (κ2) is 9.09. The summed E-state index contributed by atoms with van der Waals surface area (Å²) in [5.74, 6) is 1.26. The Bertz CT molecular complexity index is 861. The van der Waals surface area contributed by atoms with Gasteiger partial charge in [-0.2, -0.15) is 0 Å². The number of thioether (sulfide) groups is 1. The summed E-state index contributed by atoms with van der Waals surface area (Å²) in [6, 6.07) is 1.78. The van der Waals surface area contributed by atoms with Crippen LogP contribution in [0.1, 0.15) is 44.1 Å². The molecule has 0 fully saturated rings. The summed E-state index contributed by atoms with van der Waals surface area (Å²) in [6.45, 7) is 6.28. The van der Waals surface area contributed by atoms with E-state index in [0.29, 0.717) is 11.7 Å². The third-order valence-corrected chi connectivity index (χ3v) is 7.41. The molecular weight excluding hydrogens is 394 g/mol. The molecule has 9 heteroatoms. The van der Waals surface area contributed by atoms with Crippen LogP contribution < -0.4 is 10.6 Å². The Kier molecular flexibility index (Phi) is 6.77. The minimum absolute atomic E-state index is 0.349. The lowest BCUT2D eigenvalue weighted by Gasteiger charge is -2.19. The van der Waals surface area contributed by atoms with Crippen LogP contribution >= 0.6 is 23.1 Å². The predicted octanol–water partition coefficient (Wildman–Crippen LogP) is 3.38. The molecule has 2 N–H and O–H groups in total. The van der Waals surface area contributed by atoms with Gasteiger partial charge in [-0.15, -0.1) is 21.5 Å². The number of aryl methyl sites for hydroxylation is 1. The molecule has 0 unspecified atom stereocenters. The van der Waals surface area contributed by atoms with Gasteiger partial charge in [0.05, 0.1) is 10.1 Å². The van der Waals surface area contributed by atoms with Crippen LogP contribution in [0.5, 0.6) is 0 Å². The number of carbonyl (C=O) groups excluding carboxylic acids is 2. The molecule has 28 heavy (non-hydrogen) atoms. The number of rotatable bonds is 6. The van der Waals surface area contributed by atoms with E-state index < -0.39 is 11.3 Å². The largest absolute Gasteiger partial charge is 0.338 e. The lowest BCUT2D eigenvalue weighted by atomic mass is 9.87. The van der Waals surface area contributed by atoms with Crippen molar-refractivity contribution in [1.82, 2.24) is 25.4 Å². The molecule has 3 amide bonds. The smallest absolute Gasteiger partial charge is 0.321 e. The van der Waals surface area contributed by atoms with Crippen LogP contribution in [0.2, 0.25) is 0 Å². The van der Waals surface area contributed by atoms with Gasteiger partial charge in [0, 0.05) is 18.5 Å². The predicted molar refractivity (Wildman–Crippen MR) is 113 cm³/mol. The molecule has 2 aromatic heterocycles. The van der Waals surface area contributed by atoms with Crippen LogP contribution in [-0.2, 0) is 24.7 Å². The first-order valence-corrected chi connectivity index (χ1v) is 11.4. The standard InChI is InChI=1S/C19H27N5O2S2/c1-5-12-7-8-14-13(9-12)10-15(28-14)16-22-23-19(24(16)4)27-11(3)17(25)21-18(26)20-6-2/h10-12H,5-9H2,1-4H3,(H2,20,21,25,26)/t11-,12+/m1/s1. The Morgan fingerprint density at radius 3 is 2.89 bits per heavy atom. The lowest BCUT2D eigenvalue weighted by Crippen LogP contribution is -2.42. The first-order chi connectivity index (χ1) is 13.4. The third-order valence-electron chi connectivity index (χ3n) is 5.04. The van der Waals surface area contributed by atoms with Crippen molar-refractivity contribution >= 4 is 35.0 Å². The number of imide groups is 1. The quantitative estimate of drug-likeness (QED) is 0.698. The fourth-order valence-electron chi connectivity index (χ4n) is 3.32. The summed E-state index contributed by atoms with van der Waals surface area (Å²) < 4.78 is 1.93. The highest BCUT2D eigenvalue weighted by Crippen LogP contribution is 2.38. The number of aromatic nitrogens is 3. The minimum atomic E-state index is -0.479. The van der Waals surface area contributed by atoms with E-state index in [1.165, 1.54) is 35.0 Å². The number of amides is 3. The molecule has 7 nitrogen and oxygen atoms in total. The van der Waals surface area contributed by atoms with E-state index in [4.69, 9.17) is 0 Å². The topological polar surface area (TPSA) is 88.9 Å². The van der Waals surface area contributed by atoms with Gasteiger partial charge in [-0.25, -0.2) is 4.79 Å². The molecule has 2 atom stereocenters. The molecular formula is C19H27N5O2S2. The van der Waals surface area contributed by atoms with Crippen molar-refractivity contribution in [2.24, 2.45) is 13.0 Å². The van der Waals surface area contributed by atoms with E-state index >= 15 is 0 Å². The summed E-state index contributed by atoms with van der Waals surface area (Å²) in [5, 5.41) is 13.7. The second-order valence-electron chi connectivity index (χ2n) is 7.05. The molecule has 3 rings (SSSR count). The van der Waals surface area contributed by atoms with E-state index in [-0.39, 0.29) is 5.91 Å². The third kappa shape index (κ3) is 4.57. The summed E-state index contributed by atoms with van der Waals surface area (Å²) in [6.07, 6.45) is 4.79. The van der Waals surface area contributed by atoms with Gasteiger partial charge in [0.25, 0.3) is 0 Å². The van der Waals surface area contributed by atoms with Gasteiger partial charge in [0.1, 0.15) is 0 Å². The average molecular weight is 422 g/mol. The molecule has 0 bridgehead atoms. The maximum atomic E-state index is 12.2. The first-order valence-electron chi connectivity index (χ1n) is 9.69. The Labute approximate surface area is 173 Å². The van der Waals surface area contributed by atoms with E-state index in [1.807, 2.05) is 11.6 Å². The van der Waals surface area contributed by atoms with Crippen molar-refractivity contribution in [2.75, 3.05) is 6.54 Å². The fourth-order valence-corrected chi connectivity index (χ4v) is 5.36. The van der Waals surface area contributed by atoms with Crippen LogP contribution in [0.25, 0.3) is 10.7 Å². The number of hydrogen-bond donors (Lipinski definition) is 2. The van der Waals surface area contributed by atoms with Crippen LogP contribution in [0.15, 0.2) is 11.2 Å². The van der Waals surface area contributed by atoms with E-state index in [1.54, 1.807) is 25.2 Å². The number of nitrogens with zero attached hydrogens (tertiary/aromatic N) is 3. The van der Waals surface area contributed by atoms with Gasteiger partial charge in [-0.3, -0.25) is 10.1 Å². The Balaban J connectivity index is 1.70. The molecule has 2 aromatic rings. The summed E-state index contributed by atoms with van der Waals surface area (Å²) in [4.78, 5) is 26.3. The number of nitrogens with one attached hydrogen (secondary N) is 2. The molecule has 0 saturated heterocycles. The van der Waals surface area contributed by atoms with Crippen molar-refractivity contribution < 1.29 is 9.59 Å². The van der Waals surface area contributed by atoms with Crippen LogP contribution in [0, 0.1) is 5.92 Å². The zero-order valence-electron chi connectivity index (χ0n) is 16.7. The van der Waals surface area contributed by atoms with Gasteiger partial charge in [-0.05, 0) is 50.7 Å². The molecule has 0 spiro atoms. The zero-order valence-corrected chi connectivity index (χ0v) is 18.4. The molecule has 0 aromatic carbocycles. The van der Waals surface area contributed by atoms with Gasteiger partial charge >= 0.3 is 6.03 Å². The lowest BCUT2D eigenvalue weighted by molar-refractivity contribution is -0.119. The van der Waals surface area contributed by atoms with Gasteiger partial charge in [0.15, 0.2) is 11.0 Å². The highest BCUT2D eigenvalue weighted by Gasteiger charge is 2.24. The maximum absolute atomic E-state index is 12.2. The average Bonchev–Trinajstić information content (AvgIpc) is 3.24. The number of carbonyl (C=O) groups is 2. The molecule has 2 heterocycles. The van der Waals surface area contributed by atoms with Crippen LogP contribution in [0.4, 0.5) is 4.79 Å². The van der Waals surface area contributed by atoms with Crippen molar-refractivity contribution in [2.45, 2.75) is 56.9 Å². The van der Waals surface area contributed by atoms with Crippen molar-refractivity contribution in [3.8, 4) is 10.7 Å². The second-order valence-corrected chi connectivity index (χ2v) is 9.49. The number of urea groups is 1. The molecule has 0 radical (unpaired) electrons. The molecule has 0 saturated carbocycles. The molecule has 1 aliphatic carbocycles. The van der Waals surface area contributed by atoms with E-state index in [0.717, 1.165) is 29.5 Å². The minimum Gasteiger partial charge on any atom is -0.338 e. The van der Waals surface area contributed by atoms with Crippen molar-refractivity contribution in [3.63, 3.8) is 0 Å². The van der Waals surface area contributed by atoms with Crippen molar-refractivity contribution in [3.05, 3.63) is 16.5 Å². The first kappa shape index (κ1) is 20.9. The zero-order chi connectivity index (χ0) is 20.3. The summed E-state index contributed by atoms with van der Waals surface area (Å²) in [5.41, 5.74) is 1.45. The normalized spacial score (nSPS) is 17.1. The Morgan fingerprint density at radius 2 is 2.18 bits per heavy atom. The van der Waals surface area contributed by atoms with Crippen molar-refractivity contribution in [1.29, 1.82) is 0 Å². The number of hydrogen-bond acceptors (Lipinski definition) is 6. The number of fused-ring (bicyclic) bond motifs is 1. The fraction of sp³-hybridized carbons (Fsp3) is 0.579. The molecule has 152 valence electrons.